The van der Waals surface area contributed by atoms with E-state index in [2.05, 4.69) is 33.4 Å². The molecule has 0 unspecified atom stereocenters. The average molecular weight is 254 g/mol. The third kappa shape index (κ3) is 1.98. The number of fused-ring (bicyclic) bond motifs is 1. The van der Waals surface area contributed by atoms with Crippen LogP contribution in [0.1, 0.15) is 11.1 Å². The van der Waals surface area contributed by atoms with Gasteiger partial charge in [-0.15, -0.1) is 0 Å². The maximum atomic E-state index is 11.2. The Hall–Kier alpha value is -0.830. The molecule has 0 saturated carbocycles. The summed E-state index contributed by atoms with van der Waals surface area (Å²) in [5.41, 5.74) is 2.74. The van der Waals surface area contributed by atoms with Crippen molar-refractivity contribution in [3.05, 3.63) is 35.4 Å². The van der Waals surface area contributed by atoms with Crippen LogP contribution in [0.25, 0.3) is 0 Å². The van der Waals surface area contributed by atoms with Crippen molar-refractivity contribution in [2.45, 2.75) is 18.9 Å². The van der Waals surface area contributed by atoms with E-state index in [0.717, 1.165) is 12.8 Å². The fourth-order valence-electron chi connectivity index (χ4n) is 1.93. The van der Waals surface area contributed by atoms with Crippen molar-refractivity contribution >= 4 is 21.8 Å². The Morgan fingerprint density at radius 3 is 2.43 bits per heavy atom. The van der Waals surface area contributed by atoms with Crippen LogP contribution in [0.4, 0.5) is 0 Å². The molecule has 14 heavy (non-hydrogen) atoms. The molecule has 0 fully saturated rings. The van der Waals surface area contributed by atoms with Crippen LogP contribution in [0.2, 0.25) is 0 Å². The first-order valence-corrected chi connectivity index (χ1v) is 5.84. The zero-order valence-corrected chi connectivity index (χ0v) is 9.38. The molecule has 74 valence electrons. The van der Waals surface area contributed by atoms with Crippen LogP contribution in [-0.2, 0) is 17.6 Å². The first-order chi connectivity index (χ1) is 6.79. The molecule has 0 radical (unpaired) electrons. The molecule has 2 nitrogen and oxygen atoms in total. The van der Waals surface area contributed by atoms with Crippen molar-refractivity contribution in [1.82, 2.24) is 5.32 Å². The van der Waals surface area contributed by atoms with Gasteiger partial charge in [0.25, 0.3) is 0 Å². The largest absolute Gasteiger partial charge is 0.352 e. The molecule has 1 aliphatic carbocycles. The second-order valence-corrected chi connectivity index (χ2v) is 4.14. The van der Waals surface area contributed by atoms with Gasteiger partial charge in [0.15, 0.2) is 0 Å². The molecule has 0 spiro atoms. The van der Waals surface area contributed by atoms with E-state index in [1.165, 1.54) is 11.1 Å². The quantitative estimate of drug-likeness (QED) is 0.799. The zero-order chi connectivity index (χ0) is 9.97. The smallest absolute Gasteiger partial charge is 0.230 e. The molecule has 0 bridgehead atoms. The van der Waals surface area contributed by atoms with Crippen molar-refractivity contribution < 1.29 is 4.79 Å². The molecule has 0 saturated heterocycles. The lowest BCUT2D eigenvalue weighted by Crippen LogP contribution is -2.35. The van der Waals surface area contributed by atoms with Crippen LogP contribution in [-0.4, -0.2) is 17.3 Å². The summed E-state index contributed by atoms with van der Waals surface area (Å²) in [4.78, 5) is 11.2. The standard InChI is InChI=1S/C11H12BrNO/c12-7-11(14)13-10-5-8-3-1-2-4-9(8)6-10/h1-4,10H,5-7H2,(H,13,14). The van der Waals surface area contributed by atoms with Gasteiger partial charge in [0, 0.05) is 6.04 Å². The van der Waals surface area contributed by atoms with Crippen LogP contribution < -0.4 is 5.32 Å². The number of alkyl halides is 1. The van der Waals surface area contributed by atoms with Crippen molar-refractivity contribution in [2.24, 2.45) is 0 Å². The summed E-state index contributed by atoms with van der Waals surface area (Å²) < 4.78 is 0. The monoisotopic (exact) mass is 253 g/mol. The number of nitrogens with one attached hydrogen (secondary N) is 1. The van der Waals surface area contributed by atoms with Gasteiger partial charge in [-0.25, -0.2) is 0 Å². The number of rotatable bonds is 2. The van der Waals surface area contributed by atoms with Gasteiger partial charge in [-0.1, -0.05) is 40.2 Å². The van der Waals surface area contributed by atoms with Gasteiger partial charge in [-0.3, -0.25) is 4.79 Å². The van der Waals surface area contributed by atoms with Crippen LogP contribution >= 0.6 is 15.9 Å². The fourth-order valence-corrected chi connectivity index (χ4v) is 2.09. The number of halogens is 1. The Balaban J connectivity index is 2.01. The fraction of sp³-hybridized carbons (Fsp3) is 0.364. The van der Waals surface area contributed by atoms with Crippen molar-refractivity contribution in [1.29, 1.82) is 0 Å². The molecule has 0 atom stereocenters. The first-order valence-electron chi connectivity index (χ1n) is 4.71. The van der Waals surface area contributed by atoms with Crippen molar-refractivity contribution in [2.75, 3.05) is 5.33 Å². The third-order valence-electron chi connectivity index (χ3n) is 2.54. The molecular formula is C11H12BrNO. The lowest BCUT2D eigenvalue weighted by molar-refractivity contribution is -0.119. The van der Waals surface area contributed by atoms with Gasteiger partial charge in [0.1, 0.15) is 0 Å². The normalized spacial score (nSPS) is 15.2. The SMILES string of the molecule is O=C(CBr)NC1Cc2ccccc2C1. The van der Waals surface area contributed by atoms with Crippen LogP contribution in [0.15, 0.2) is 24.3 Å². The van der Waals surface area contributed by atoms with E-state index in [1.807, 2.05) is 12.1 Å². The summed E-state index contributed by atoms with van der Waals surface area (Å²) in [6, 6.07) is 8.66. The average Bonchev–Trinajstić information content (AvgIpc) is 2.59. The molecule has 3 heteroatoms. The summed E-state index contributed by atoms with van der Waals surface area (Å²) in [7, 11) is 0. The van der Waals surface area contributed by atoms with E-state index in [-0.39, 0.29) is 11.9 Å². The zero-order valence-electron chi connectivity index (χ0n) is 7.79. The molecule has 1 amide bonds. The van der Waals surface area contributed by atoms with Crippen molar-refractivity contribution in [3.8, 4) is 0 Å². The summed E-state index contributed by atoms with van der Waals surface area (Å²) >= 11 is 3.15. The molecule has 0 aromatic heterocycles. The molecule has 1 aliphatic rings. The summed E-state index contributed by atoms with van der Waals surface area (Å²) in [6.45, 7) is 0. The third-order valence-corrected chi connectivity index (χ3v) is 3.05. The minimum atomic E-state index is 0.0720. The van der Waals surface area contributed by atoms with E-state index < -0.39 is 0 Å². The summed E-state index contributed by atoms with van der Waals surface area (Å²) in [5.74, 6) is 0.0720. The maximum Gasteiger partial charge on any atom is 0.230 e. The highest BCUT2D eigenvalue weighted by Crippen LogP contribution is 2.21. The van der Waals surface area contributed by atoms with E-state index in [1.54, 1.807) is 0 Å². The minimum absolute atomic E-state index is 0.0720. The maximum absolute atomic E-state index is 11.2. The summed E-state index contributed by atoms with van der Waals surface area (Å²) in [5, 5.41) is 3.38. The lowest BCUT2D eigenvalue weighted by Gasteiger charge is -2.09. The Bertz CT molecular complexity index is 326. The molecule has 1 N–H and O–H groups in total. The lowest BCUT2D eigenvalue weighted by atomic mass is 10.1. The van der Waals surface area contributed by atoms with Crippen molar-refractivity contribution in [3.63, 3.8) is 0 Å². The van der Waals surface area contributed by atoms with Gasteiger partial charge < -0.3 is 5.32 Å². The predicted octanol–water partition coefficient (Wildman–Crippen LogP) is 1.66. The number of hydrogen-bond donors (Lipinski definition) is 1. The summed E-state index contributed by atoms with van der Waals surface area (Å²) in [6.07, 6.45) is 1.93. The van der Waals surface area contributed by atoms with E-state index in [4.69, 9.17) is 0 Å². The number of carbonyl (C=O) groups is 1. The van der Waals surface area contributed by atoms with E-state index in [0.29, 0.717) is 5.33 Å². The van der Waals surface area contributed by atoms with Gasteiger partial charge in [0.2, 0.25) is 5.91 Å². The topological polar surface area (TPSA) is 29.1 Å². The first kappa shape index (κ1) is 9.71. The van der Waals surface area contributed by atoms with Crippen LogP contribution in [0.3, 0.4) is 0 Å². The molecule has 2 rings (SSSR count). The predicted molar refractivity (Wildman–Crippen MR) is 59.6 cm³/mol. The van der Waals surface area contributed by atoms with Gasteiger partial charge in [-0.05, 0) is 24.0 Å². The van der Waals surface area contributed by atoms with E-state index in [9.17, 15) is 4.79 Å². The van der Waals surface area contributed by atoms with Crippen LogP contribution in [0.5, 0.6) is 0 Å². The molecular weight excluding hydrogens is 242 g/mol. The second kappa shape index (κ2) is 4.13. The van der Waals surface area contributed by atoms with Crippen LogP contribution in [0, 0.1) is 0 Å². The van der Waals surface area contributed by atoms with Gasteiger partial charge in [-0.2, -0.15) is 0 Å². The molecule has 1 aromatic rings. The number of amides is 1. The Labute approximate surface area is 91.8 Å². The molecule has 1 aromatic carbocycles. The Morgan fingerprint density at radius 2 is 1.93 bits per heavy atom. The van der Waals surface area contributed by atoms with Gasteiger partial charge in [0.05, 0.1) is 5.33 Å². The highest BCUT2D eigenvalue weighted by atomic mass is 79.9. The number of benzene rings is 1. The van der Waals surface area contributed by atoms with Gasteiger partial charge >= 0.3 is 0 Å². The Kier molecular flexibility index (Phi) is 2.87. The number of carbonyl (C=O) groups excluding carboxylic acids is 1. The Morgan fingerprint density at radius 1 is 1.36 bits per heavy atom. The number of hydrogen-bond acceptors (Lipinski definition) is 1. The van der Waals surface area contributed by atoms with E-state index >= 15 is 0 Å². The highest BCUT2D eigenvalue weighted by molar-refractivity contribution is 9.09. The second-order valence-electron chi connectivity index (χ2n) is 3.58. The highest BCUT2D eigenvalue weighted by Gasteiger charge is 2.21. The minimum Gasteiger partial charge on any atom is -0.352 e. The molecule has 0 aliphatic heterocycles. The molecule has 0 heterocycles.